The zero-order chi connectivity index (χ0) is 12.1. The molecular formula is C13H17N3O. The summed E-state index contributed by atoms with van der Waals surface area (Å²) in [5.74, 6) is 0. The van der Waals surface area contributed by atoms with Gasteiger partial charge in [-0.3, -0.25) is 4.68 Å². The highest BCUT2D eigenvalue weighted by Crippen LogP contribution is 2.05. The maximum Gasteiger partial charge on any atom is 0.0681 e. The van der Waals surface area contributed by atoms with E-state index in [9.17, 15) is 0 Å². The molecule has 0 amide bonds. The number of aliphatic hydroxyl groups is 1. The fourth-order valence-corrected chi connectivity index (χ4v) is 1.75. The fourth-order valence-electron chi connectivity index (χ4n) is 1.75. The van der Waals surface area contributed by atoms with Gasteiger partial charge in [-0.1, -0.05) is 24.3 Å². The van der Waals surface area contributed by atoms with Gasteiger partial charge < -0.3 is 10.4 Å². The first-order valence-corrected chi connectivity index (χ1v) is 5.66. The molecule has 0 saturated carbocycles. The Balaban J connectivity index is 1.87. The second-order valence-electron chi connectivity index (χ2n) is 4.03. The Morgan fingerprint density at radius 3 is 2.76 bits per heavy atom. The van der Waals surface area contributed by atoms with Crippen molar-refractivity contribution in [3.63, 3.8) is 0 Å². The number of hydrogen-bond acceptors (Lipinski definition) is 3. The summed E-state index contributed by atoms with van der Waals surface area (Å²) in [6.07, 6.45) is 1.80. The minimum Gasteiger partial charge on any atom is -0.392 e. The molecule has 0 aliphatic heterocycles. The highest BCUT2D eigenvalue weighted by atomic mass is 16.3. The van der Waals surface area contributed by atoms with Crippen molar-refractivity contribution in [1.29, 1.82) is 0 Å². The Kier molecular flexibility index (Phi) is 3.90. The molecule has 0 fully saturated rings. The van der Waals surface area contributed by atoms with E-state index in [1.54, 1.807) is 6.20 Å². The van der Waals surface area contributed by atoms with Crippen LogP contribution in [-0.2, 0) is 26.7 Å². The van der Waals surface area contributed by atoms with Crippen LogP contribution in [0.3, 0.4) is 0 Å². The van der Waals surface area contributed by atoms with Crippen molar-refractivity contribution in [2.75, 3.05) is 0 Å². The summed E-state index contributed by atoms with van der Waals surface area (Å²) in [6.45, 7) is 1.68. The molecule has 0 unspecified atom stereocenters. The number of hydrogen-bond donors (Lipinski definition) is 2. The van der Waals surface area contributed by atoms with E-state index in [1.807, 2.05) is 36.0 Å². The molecule has 17 heavy (non-hydrogen) atoms. The average molecular weight is 231 g/mol. The second kappa shape index (κ2) is 5.61. The smallest absolute Gasteiger partial charge is 0.0681 e. The van der Waals surface area contributed by atoms with Crippen molar-refractivity contribution in [2.24, 2.45) is 7.05 Å². The van der Waals surface area contributed by atoms with Gasteiger partial charge in [-0.05, 0) is 17.2 Å². The summed E-state index contributed by atoms with van der Waals surface area (Å²) in [5, 5.41) is 16.5. The molecule has 2 aromatic rings. The number of aliphatic hydroxyl groups excluding tert-OH is 1. The van der Waals surface area contributed by atoms with Crippen LogP contribution >= 0.6 is 0 Å². The summed E-state index contributed by atoms with van der Waals surface area (Å²) in [7, 11) is 1.93. The first-order chi connectivity index (χ1) is 8.29. The Hall–Kier alpha value is -1.65. The summed E-state index contributed by atoms with van der Waals surface area (Å²) in [6, 6.07) is 9.94. The van der Waals surface area contributed by atoms with Crippen molar-refractivity contribution in [3.05, 3.63) is 53.3 Å². The van der Waals surface area contributed by atoms with E-state index in [0.29, 0.717) is 0 Å². The normalized spacial score (nSPS) is 10.7. The third kappa shape index (κ3) is 3.15. The molecule has 1 aromatic heterocycles. The van der Waals surface area contributed by atoms with Gasteiger partial charge in [0.15, 0.2) is 0 Å². The highest BCUT2D eigenvalue weighted by Gasteiger charge is 1.98. The molecule has 1 aromatic carbocycles. The van der Waals surface area contributed by atoms with E-state index < -0.39 is 0 Å². The number of aryl methyl sites for hydroxylation is 1. The van der Waals surface area contributed by atoms with Crippen LogP contribution in [0.2, 0.25) is 0 Å². The zero-order valence-corrected chi connectivity index (χ0v) is 9.93. The molecule has 0 saturated heterocycles. The lowest BCUT2D eigenvalue weighted by molar-refractivity contribution is 0.281. The Labute approximate surface area is 101 Å². The second-order valence-corrected chi connectivity index (χ2v) is 4.03. The average Bonchev–Trinajstić information content (AvgIpc) is 2.76. The highest BCUT2D eigenvalue weighted by molar-refractivity contribution is 5.22. The molecule has 0 aliphatic carbocycles. The van der Waals surface area contributed by atoms with Crippen molar-refractivity contribution in [1.82, 2.24) is 15.1 Å². The monoisotopic (exact) mass is 231 g/mol. The van der Waals surface area contributed by atoms with E-state index in [-0.39, 0.29) is 6.61 Å². The molecule has 4 heteroatoms. The van der Waals surface area contributed by atoms with Gasteiger partial charge in [0.05, 0.1) is 12.3 Å². The van der Waals surface area contributed by atoms with Gasteiger partial charge >= 0.3 is 0 Å². The van der Waals surface area contributed by atoms with Crippen LogP contribution in [0.4, 0.5) is 0 Å². The molecule has 2 N–H and O–H groups in total. The Morgan fingerprint density at radius 1 is 1.24 bits per heavy atom. The van der Waals surface area contributed by atoms with Crippen molar-refractivity contribution >= 4 is 0 Å². The fraction of sp³-hybridized carbons (Fsp3) is 0.308. The number of rotatable bonds is 5. The van der Waals surface area contributed by atoms with Gasteiger partial charge in [0, 0.05) is 26.3 Å². The lowest BCUT2D eigenvalue weighted by atomic mass is 10.1. The molecule has 0 aliphatic rings. The predicted octanol–water partition coefficient (Wildman–Crippen LogP) is 1.20. The number of nitrogens with one attached hydrogen (secondary N) is 1. The van der Waals surface area contributed by atoms with Crippen LogP contribution in [0.1, 0.15) is 16.8 Å². The standard InChI is InChI=1S/C13H17N3O/c1-16-13(5-6-15-16)9-14-8-11-3-2-4-12(7-11)10-17/h2-7,14,17H,8-10H2,1H3. The number of benzene rings is 1. The maximum absolute atomic E-state index is 9.04. The van der Waals surface area contributed by atoms with Crippen LogP contribution in [-0.4, -0.2) is 14.9 Å². The number of aromatic nitrogens is 2. The first-order valence-electron chi connectivity index (χ1n) is 5.66. The van der Waals surface area contributed by atoms with Gasteiger partial charge in [-0.25, -0.2) is 0 Å². The molecule has 4 nitrogen and oxygen atoms in total. The van der Waals surface area contributed by atoms with Gasteiger partial charge in [0.2, 0.25) is 0 Å². The summed E-state index contributed by atoms with van der Waals surface area (Å²) >= 11 is 0. The first kappa shape index (κ1) is 11.8. The van der Waals surface area contributed by atoms with E-state index in [0.717, 1.165) is 24.3 Å². The lowest BCUT2D eigenvalue weighted by Gasteiger charge is -2.06. The van der Waals surface area contributed by atoms with Crippen molar-refractivity contribution < 1.29 is 5.11 Å². The van der Waals surface area contributed by atoms with Gasteiger partial charge in [-0.2, -0.15) is 5.10 Å². The molecular weight excluding hydrogens is 214 g/mol. The molecule has 2 rings (SSSR count). The third-order valence-electron chi connectivity index (χ3n) is 2.73. The van der Waals surface area contributed by atoms with E-state index in [2.05, 4.69) is 16.5 Å². The topological polar surface area (TPSA) is 50.1 Å². The molecule has 0 radical (unpaired) electrons. The maximum atomic E-state index is 9.04. The van der Waals surface area contributed by atoms with Crippen molar-refractivity contribution in [2.45, 2.75) is 19.7 Å². The van der Waals surface area contributed by atoms with Gasteiger partial charge in [-0.15, -0.1) is 0 Å². The quantitative estimate of drug-likeness (QED) is 0.813. The van der Waals surface area contributed by atoms with Crippen LogP contribution < -0.4 is 5.32 Å². The van der Waals surface area contributed by atoms with Crippen LogP contribution in [0, 0.1) is 0 Å². The minimum absolute atomic E-state index is 0.0928. The molecule has 90 valence electrons. The predicted molar refractivity (Wildman–Crippen MR) is 66.1 cm³/mol. The largest absolute Gasteiger partial charge is 0.392 e. The molecule has 0 bridgehead atoms. The summed E-state index contributed by atoms with van der Waals surface area (Å²) in [5.41, 5.74) is 3.28. The van der Waals surface area contributed by atoms with Crippen LogP contribution in [0.15, 0.2) is 36.5 Å². The zero-order valence-electron chi connectivity index (χ0n) is 9.93. The Morgan fingerprint density at radius 2 is 2.06 bits per heavy atom. The number of nitrogens with zero attached hydrogens (tertiary/aromatic N) is 2. The third-order valence-corrected chi connectivity index (χ3v) is 2.73. The van der Waals surface area contributed by atoms with E-state index in [4.69, 9.17) is 5.11 Å². The summed E-state index contributed by atoms with van der Waals surface area (Å²) in [4.78, 5) is 0. The van der Waals surface area contributed by atoms with E-state index in [1.165, 1.54) is 5.56 Å². The van der Waals surface area contributed by atoms with Crippen LogP contribution in [0.5, 0.6) is 0 Å². The molecule has 1 heterocycles. The molecule has 0 spiro atoms. The van der Waals surface area contributed by atoms with Gasteiger partial charge in [0.1, 0.15) is 0 Å². The van der Waals surface area contributed by atoms with Crippen LogP contribution in [0.25, 0.3) is 0 Å². The van der Waals surface area contributed by atoms with E-state index >= 15 is 0 Å². The SMILES string of the molecule is Cn1nccc1CNCc1cccc(CO)c1. The minimum atomic E-state index is 0.0928. The summed E-state index contributed by atoms with van der Waals surface area (Å²) < 4.78 is 1.86. The molecule has 0 atom stereocenters. The lowest BCUT2D eigenvalue weighted by Crippen LogP contribution is -2.15. The van der Waals surface area contributed by atoms with Gasteiger partial charge in [0.25, 0.3) is 0 Å². The Bertz CT molecular complexity index is 479. The van der Waals surface area contributed by atoms with Crippen molar-refractivity contribution in [3.8, 4) is 0 Å².